The van der Waals surface area contributed by atoms with Crippen molar-refractivity contribution >= 4 is 17.2 Å². The summed E-state index contributed by atoms with van der Waals surface area (Å²) in [7, 11) is 2.02. The van der Waals surface area contributed by atoms with Gasteiger partial charge in [-0.15, -0.1) is 11.3 Å². The van der Waals surface area contributed by atoms with E-state index in [1.165, 1.54) is 17.7 Å². The molecule has 20 heavy (non-hydrogen) atoms. The maximum atomic E-state index is 12.1. The van der Waals surface area contributed by atoms with Crippen molar-refractivity contribution in [3.05, 3.63) is 22.4 Å². The number of carbonyl (C=O) groups is 1. The van der Waals surface area contributed by atoms with Gasteiger partial charge in [-0.25, -0.2) is 0 Å². The fourth-order valence-corrected chi connectivity index (χ4v) is 3.64. The van der Waals surface area contributed by atoms with Crippen molar-refractivity contribution < 1.29 is 4.79 Å². The van der Waals surface area contributed by atoms with Gasteiger partial charge in [0.1, 0.15) is 0 Å². The summed E-state index contributed by atoms with van der Waals surface area (Å²) < 4.78 is 0. The van der Waals surface area contributed by atoms with E-state index in [0.29, 0.717) is 18.6 Å². The zero-order valence-electron chi connectivity index (χ0n) is 12.8. The van der Waals surface area contributed by atoms with Gasteiger partial charge in [-0.2, -0.15) is 0 Å². The zero-order valence-corrected chi connectivity index (χ0v) is 13.6. The van der Waals surface area contributed by atoms with Crippen molar-refractivity contribution in [3.8, 4) is 0 Å². The molecule has 1 atom stereocenters. The summed E-state index contributed by atoms with van der Waals surface area (Å²) in [5.74, 6) is 0.986. The molecule has 112 valence electrons. The lowest BCUT2D eigenvalue weighted by Gasteiger charge is -2.28. The third-order valence-electron chi connectivity index (χ3n) is 4.39. The third kappa shape index (κ3) is 4.32. The Balaban J connectivity index is 1.76. The van der Waals surface area contributed by atoms with E-state index in [4.69, 9.17) is 0 Å². The molecule has 0 spiro atoms. The molecule has 1 N–H and O–H groups in total. The molecule has 3 nitrogen and oxygen atoms in total. The molecule has 4 heteroatoms. The van der Waals surface area contributed by atoms with Crippen LogP contribution in [0, 0.1) is 5.92 Å². The molecule has 1 fully saturated rings. The van der Waals surface area contributed by atoms with Crippen LogP contribution in [-0.4, -0.2) is 30.4 Å². The first-order valence-corrected chi connectivity index (χ1v) is 8.47. The number of thiophene rings is 1. The first-order chi connectivity index (χ1) is 9.56. The van der Waals surface area contributed by atoms with E-state index in [-0.39, 0.29) is 5.91 Å². The van der Waals surface area contributed by atoms with E-state index in [1.807, 2.05) is 7.05 Å². The van der Waals surface area contributed by atoms with Crippen molar-refractivity contribution in [2.45, 2.75) is 51.6 Å². The van der Waals surface area contributed by atoms with Crippen LogP contribution in [-0.2, 0) is 4.79 Å². The minimum Gasteiger partial charge on any atom is -0.352 e. The van der Waals surface area contributed by atoms with Gasteiger partial charge in [-0.1, -0.05) is 13.0 Å². The van der Waals surface area contributed by atoms with E-state index < -0.39 is 0 Å². The van der Waals surface area contributed by atoms with Crippen molar-refractivity contribution in [3.63, 3.8) is 0 Å². The lowest BCUT2D eigenvalue weighted by Crippen LogP contribution is -2.42. The Morgan fingerprint density at radius 3 is 2.75 bits per heavy atom. The van der Waals surface area contributed by atoms with Crippen molar-refractivity contribution in [1.82, 2.24) is 10.2 Å². The summed E-state index contributed by atoms with van der Waals surface area (Å²) in [6.45, 7) is 4.93. The van der Waals surface area contributed by atoms with E-state index in [0.717, 1.165) is 18.8 Å². The van der Waals surface area contributed by atoms with Gasteiger partial charge in [0.2, 0.25) is 5.91 Å². The van der Waals surface area contributed by atoms with Crippen LogP contribution in [0.2, 0.25) is 0 Å². The van der Waals surface area contributed by atoms with Crippen LogP contribution >= 0.6 is 11.3 Å². The quantitative estimate of drug-likeness (QED) is 0.902. The fourth-order valence-electron chi connectivity index (χ4n) is 2.79. The molecule has 0 aliphatic heterocycles. The smallest absolute Gasteiger partial charge is 0.234 e. The predicted octanol–water partition coefficient (Wildman–Crippen LogP) is 3.44. The van der Waals surface area contributed by atoms with Crippen LogP contribution in [0.25, 0.3) is 0 Å². The second kappa shape index (κ2) is 7.23. The molecule has 1 unspecified atom stereocenters. The highest BCUT2D eigenvalue weighted by atomic mass is 32.1. The second-order valence-electron chi connectivity index (χ2n) is 6.13. The summed E-state index contributed by atoms with van der Waals surface area (Å²) in [5.41, 5.74) is 0. The van der Waals surface area contributed by atoms with Crippen molar-refractivity contribution in [2.24, 2.45) is 5.92 Å². The van der Waals surface area contributed by atoms with E-state index in [9.17, 15) is 4.79 Å². The number of hydrogen-bond acceptors (Lipinski definition) is 3. The van der Waals surface area contributed by atoms with Crippen molar-refractivity contribution in [2.75, 3.05) is 13.6 Å². The summed E-state index contributed by atoms with van der Waals surface area (Å²) in [6.07, 6.45) is 4.76. The van der Waals surface area contributed by atoms with Crippen LogP contribution in [0.15, 0.2) is 17.5 Å². The summed E-state index contributed by atoms with van der Waals surface area (Å²) in [4.78, 5) is 15.6. The molecule has 1 aromatic rings. The molecule has 2 rings (SSSR count). The SMILES string of the molecule is CC1CCC(NC(=O)CN(C)C(C)c2cccs2)CC1. The molecule has 1 aromatic heterocycles. The molecular weight excluding hydrogens is 268 g/mol. The monoisotopic (exact) mass is 294 g/mol. The molecule has 1 aliphatic carbocycles. The molecule has 0 bridgehead atoms. The van der Waals surface area contributed by atoms with Crippen LogP contribution < -0.4 is 5.32 Å². The van der Waals surface area contributed by atoms with E-state index >= 15 is 0 Å². The molecule has 0 aromatic carbocycles. The Morgan fingerprint density at radius 1 is 1.45 bits per heavy atom. The van der Waals surface area contributed by atoms with Gasteiger partial charge >= 0.3 is 0 Å². The maximum absolute atomic E-state index is 12.1. The molecule has 1 saturated carbocycles. The Kier molecular flexibility index (Phi) is 5.61. The summed E-state index contributed by atoms with van der Waals surface area (Å²) in [5, 5.41) is 5.28. The number of likely N-dealkylation sites (N-methyl/N-ethyl adjacent to an activating group) is 1. The normalized spacial score (nSPS) is 24.6. The topological polar surface area (TPSA) is 32.3 Å². The summed E-state index contributed by atoms with van der Waals surface area (Å²) >= 11 is 1.75. The van der Waals surface area contributed by atoms with E-state index in [2.05, 4.69) is 41.6 Å². The van der Waals surface area contributed by atoms with Gasteiger partial charge in [0.15, 0.2) is 0 Å². The number of nitrogens with one attached hydrogen (secondary N) is 1. The zero-order chi connectivity index (χ0) is 14.5. The Morgan fingerprint density at radius 2 is 2.15 bits per heavy atom. The molecule has 1 aliphatic rings. The van der Waals surface area contributed by atoms with Crippen LogP contribution in [0.3, 0.4) is 0 Å². The number of amides is 1. The van der Waals surface area contributed by atoms with Gasteiger partial charge in [-0.05, 0) is 57.0 Å². The average molecular weight is 294 g/mol. The number of rotatable bonds is 5. The van der Waals surface area contributed by atoms with E-state index in [1.54, 1.807) is 11.3 Å². The maximum Gasteiger partial charge on any atom is 0.234 e. The average Bonchev–Trinajstić information content (AvgIpc) is 2.94. The minimum absolute atomic E-state index is 0.162. The molecule has 0 saturated heterocycles. The van der Waals surface area contributed by atoms with Gasteiger partial charge in [-0.3, -0.25) is 9.69 Å². The van der Waals surface area contributed by atoms with Crippen molar-refractivity contribution in [1.29, 1.82) is 0 Å². The Labute approximate surface area is 126 Å². The second-order valence-corrected chi connectivity index (χ2v) is 7.11. The molecule has 0 radical (unpaired) electrons. The first kappa shape index (κ1) is 15.5. The lowest BCUT2D eigenvalue weighted by atomic mass is 9.87. The van der Waals surface area contributed by atoms with Crippen LogP contribution in [0.1, 0.15) is 50.4 Å². The van der Waals surface area contributed by atoms with Crippen LogP contribution in [0.4, 0.5) is 0 Å². The van der Waals surface area contributed by atoms with Gasteiger partial charge in [0.25, 0.3) is 0 Å². The van der Waals surface area contributed by atoms with Gasteiger partial charge < -0.3 is 5.32 Å². The largest absolute Gasteiger partial charge is 0.352 e. The summed E-state index contributed by atoms with van der Waals surface area (Å²) in [6, 6.07) is 4.89. The molecule has 1 amide bonds. The highest BCUT2D eigenvalue weighted by Crippen LogP contribution is 2.24. The number of hydrogen-bond donors (Lipinski definition) is 1. The van der Waals surface area contributed by atoms with Gasteiger partial charge in [0.05, 0.1) is 6.54 Å². The highest BCUT2D eigenvalue weighted by Gasteiger charge is 2.21. The minimum atomic E-state index is 0.162. The predicted molar refractivity (Wildman–Crippen MR) is 84.9 cm³/mol. The highest BCUT2D eigenvalue weighted by molar-refractivity contribution is 7.10. The number of nitrogens with zero attached hydrogens (tertiary/aromatic N) is 1. The number of carbonyl (C=O) groups excluding carboxylic acids is 1. The Hall–Kier alpha value is -0.870. The third-order valence-corrected chi connectivity index (χ3v) is 5.43. The Bertz CT molecular complexity index is 410. The van der Waals surface area contributed by atoms with Crippen LogP contribution in [0.5, 0.6) is 0 Å². The first-order valence-electron chi connectivity index (χ1n) is 7.59. The molecular formula is C16H26N2OS. The lowest BCUT2D eigenvalue weighted by molar-refractivity contribution is -0.123. The fraction of sp³-hybridized carbons (Fsp3) is 0.688. The standard InChI is InChI=1S/C16H26N2OS/c1-12-6-8-14(9-7-12)17-16(19)11-18(3)13(2)15-5-4-10-20-15/h4-5,10,12-14H,6-9,11H2,1-3H3,(H,17,19). The van der Waals surface area contributed by atoms with Gasteiger partial charge in [0, 0.05) is 17.0 Å². The molecule has 1 heterocycles.